The van der Waals surface area contributed by atoms with E-state index in [9.17, 15) is 0 Å². The van der Waals surface area contributed by atoms with Crippen LogP contribution in [0.1, 0.15) is 0 Å². The summed E-state index contributed by atoms with van der Waals surface area (Å²) < 4.78 is 8.46. The van der Waals surface area contributed by atoms with Gasteiger partial charge in [-0.3, -0.25) is 0 Å². The van der Waals surface area contributed by atoms with Crippen molar-refractivity contribution in [1.82, 2.24) is 0 Å². The second-order valence-corrected chi connectivity index (χ2v) is 1.32. The first-order chi connectivity index (χ1) is 4.41. The smallest absolute Gasteiger partial charge is 0.310 e. The quantitative estimate of drug-likeness (QED) is 0.580. The molecule has 0 spiro atoms. The summed E-state index contributed by atoms with van der Waals surface area (Å²) in [6.45, 7) is 0. The maximum absolute atomic E-state index is 8.46. The first-order valence-electron chi connectivity index (χ1n) is 2.29. The molecule has 1 radical (unpaired) electrons. The number of hydrogen-bond donors (Lipinski definition) is 1. The van der Waals surface area contributed by atoms with E-state index in [4.69, 9.17) is 9.46 Å². The number of benzene rings is 1. The van der Waals surface area contributed by atoms with Crippen LogP contribution in [0.25, 0.3) is 0 Å². The van der Waals surface area contributed by atoms with Gasteiger partial charge in [0, 0.05) is 35.6 Å². The van der Waals surface area contributed by atoms with Crippen LogP contribution in [0.3, 0.4) is 0 Å². The van der Waals surface area contributed by atoms with Gasteiger partial charge in [-0.05, 0) is 0 Å². The molecule has 0 unspecified atom stereocenters. The Bertz CT molecular complexity index is 119. The zero-order chi connectivity index (χ0) is 6.95. The topological polar surface area (TPSA) is 37.3 Å². The van der Waals surface area contributed by atoms with Gasteiger partial charge in [-0.1, -0.05) is 0 Å². The second-order valence-electron chi connectivity index (χ2n) is 1.16. The fourth-order valence-corrected chi connectivity index (χ4v) is 0.342. The Hall–Kier alpha value is 0.475. The molecule has 0 saturated heterocycles. The summed E-state index contributed by atoms with van der Waals surface area (Å²) in [6, 6.07) is 12.5. The summed E-state index contributed by atoms with van der Waals surface area (Å²) in [4.78, 5) is 6.99. The minimum absolute atomic E-state index is 0. The summed E-state index contributed by atoms with van der Waals surface area (Å²) >= 11 is 0. The predicted molar refractivity (Wildman–Crippen MR) is 35.1 cm³/mol. The molecular weight excluding hydrogens is 274 g/mol. The summed E-state index contributed by atoms with van der Waals surface area (Å²) in [6.07, 6.45) is 0. The van der Waals surface area contributed by atoms with Gasteiger partial charge >= 0.3 is 8.69 Å². The molecule has 10 heavy (non-hydrogen) atoms. The second kappa shape index (κ2) is 12.2. The average Bonchev–Trinajstić information content (AvgIpc) is 1.93. The zero-order valence-electron chi connectivity index (χ0n) is 5.27. The monoisotopic (exact) mass is 280 g/mol. The fraction of sp³-hybridized carbons (Fsp3) is 0. The van der Waals surface area contributed by atoms with Gasteiger partial charge < -0.3 is 4.89 Å². The molecule has 1 aromatic carbocycles. The molecule has 51 valence electrons. The Morgan fingerprint density at radius 3 is 1.70 bits per heavy atom. The van der Waals surface area contributed by atoms with Crippen molar-refractivity contribution in [1.29, 1.82) is 0 Å². The molecule has 0 saturated carbocycles. The third-order valence-electron chi connectivity index (χ3n) is 0.607. The van der Waals surface area contributed by atoms with Crippen molar-refractivity contribution in [3.05, 3.63) is 36.4 Å². The molecule has 1 rings (SSSR count). The van der Waals surface area contributed by atoms with Gasteiger partial charge in [-0.25, -0.2) is 4.57 Å². The van der Waals surface area contributed by atoms with E-state index in [0.717, 1.165) is 0 Å². The van der Waals surface area contributed by atoms with Crippen LogP contribution >= 0.6 is 8.69 Å². The van der Waals surface area contributed by atoms with Gasteiger partial charge in [0.2, 0.25) is 0 Å². The third-order valence-corrected chi connectivity index (χ3v) is 0.607. The van der Waals surface area contributed by atoms with Gasteiger partial charge in [0.25, 0.3) is 0 Å². The SMILES string of the molecule is O=PO.[La].[c-]1ccccc1. The minimum Gasteiger partial charge on any atom is -0.310 e. The molecule has 0 heterocycles. The molecule has 0 aromatic heterocycles. The van der Waals surface area contributed by atoms with Crippen molar-refractivity contribution in [3.8, 4) is 0 Å². The van der Waals surface area contributed by atoms with Crippen molar-refractivity contribution in [3.63, 3.8) is 0 Å². The van der Waals surface area contributed by atoms with E-state index in [0.29, 0.717) is 0 Å². The van der Waals surface area contributed by atoms with Crippen LogP contribution < -0.4 is 0 Å². The molecule has 1 N–H and O–H groups in total. The Labute approximate surface area is 89.5 Å². The minimum atomic E-state index is -0.833. The van der Waals surface area contributed by atoms with E-state index in [1.165, 1.54) is 0 Å². The maximum atomic E-state index is 8.46. The van der Waals surface area contributed by atoms with E-state index < -0.39 is 8.69 Å². The van der Waals surface area contributed by atoms with Crippen molar-refractivity contribution in [2.75, 3.05) is 0 Å². The van der Waals surface area contributed by atoms with Crippen molar-refractivity contribution < 1.29 is 45.1 Å². The third kappa shape index (κ3) is 11.3. The van der Waals surface area contributed by atoms with E-state index in [2.05, 4.69) is 6.07 Å². The molecule has 0 aliphatic carbocycles. The summed E-state index contributed by atoms with van der Waals surface area (Å²) in [5, 5.41) is 0. The fourth-order valence-electron chi connectivity index (χ4n) is 0.342. The first kappa shape index (κ1) is 13.1. The van der Waals surface area contributed by atoms with Crippen molar-refractivity contribution in [2.45, 2.75) is 0 Å². The van der Waals surface area contributed by atoms with E-state index in [1.807, 2.05) is 30.3 Å². The van der Waals surface area contributed by atoms with E-state index in [-0.39, 0.29) is 35.6 Å². The molecule has 0 aliphatic rings. The van der Waals surface area contributed by atoms with E-state index in [1.54, 1.807) is 0 Å². The van der Waals surface area contributed by atoms with Crippen molar-refractivity contribution in [2.24, 2.45) is 0 Å². The molecule has 4 heteroatoms. The summed E-state index contributed by atoms with van der Waals surface area (Å²) in [5.41, 5.74) is 0. The summed E-state index contributed by atoms with van der Waals surface area (Å²) in [7, 11) is -0.833. The molecule has 0 fully saturated rings. The molecule has 2 nitrogen and oxygen atoms in total. The Balaban J connectivity index is 0. The van der Waals surface area contributed by atoms with Gasteiger partial charge in [0.15, 0.2) is 0 Å². The normalized spacial score (nSPS) is 6.90. The van der Waals surface area contributed by atoms with Crippen molar-refractivity contribution >= 4 is 8.69 Å². The predicted octanol–water partition coefficient (Wildman–Crippen LogP) is 1.67. The molecule has 0 aliphatic heterocycles. The van der Waals surface area contributed by atoms with Gasteiger partial charge in [-0.15, -0.1) is 0 Å². The van der Waals surface area contributed by atoms with Crippen LogP contribution in [-0.4, -0.2) is 4.89 Å². The molecule has 0 amide bonds. The number of hydrogen-bond acceptors (Lipinski definition) is 1. The Morgan fingerprint density at radius 2 is 1.60 bits per heavy atom. The van der Waals surface area contributed by atoms with Gasteiger partial charge in [0.1, 0.15) is 0 Å². The van der Waals surface area contributed by atoms with Crippen LogP contribution in [-0.2, 0) is 4.57 Å². The first-order valence-corrected chi connectivity index (χ1v) is 3.06. The summed E-state index contributed by atoms with van der Waals surface area (Å²) in [5.74, 6) is 0. The Kier molecular flexibility index (Phi) is 15.9. The van der Waals surface area contributed by atoms with E-state index >= 15 is 0 Å². The standard InChI is InChI=1S/C6H5.La.HO2P/c1-2-4-6-5-3-1;;1-3-2/h1-5H;;(H,1,2)/q-1;;. The largest absolute Gasteiger partial charge is 0.324 e. The van der Waals surface area contributed by atoms with Crippen LogP contribution in [0.4, 0.5) is 0 Å². The van der Waals surface area contributed by atoms with Crippen LogP contribution in [0.5, 0.6) is 0 Å². The molecule has 0 bridgehead atoms. The van der Waals surface area contributed by atoms with Crippen LogP contribution in [0.2, 0.25) is 0 Å². The van der Waals surface area contributed by atoms with Crippen LogP contribution in [0.15, 0.2) is 30.3 Å². The van der Waals surface area contributed by atoms with Gasteiger partial charge in [-0.2, -0.15) is 36.4 Å². The van der Waals surface area contributed by atoms with Gasteiger partial charge in [0.05, 0.1) is 0 Å². The molecule has 1 aromatic rings. The molecule has 0 atom stereocenters. The Morgan fingerprint density at radius 1 is 1.20 bits per heavy atom. The average molecular weight is 280 g/mol. The maximum Gasteiger partial charge on any atom is 0.324 e. The number of rotatable bonds is 0. The molecular formula is C6H6LaO2P-. The zero-order valence-corrected chi connectivity index (χ0v) is 9.79. The van der Waals surface area contributed by atoms with Crippen LogP contribution in [0, 0.1) is 41.7 Å².